The van der Waals surface area contributed by atoms with Gasteiger partial charge in [0.05, 0.1) is 13.2 Å². The van der Waals surface area contributed by atoms with Crippen LogP contribution in [0.5, 0.6) is 0 Å². The maximum atomic E-state index is 12.1. The Bertz CT molecular complexity index is 537. The molecule has 0 bridgehead atoms. The van der Waals surface area contributed by atoms with Gasteiger partial charge in [0, 0.05) is 28.8 Å². The lowest BCUT2D eigenvalue weighted by Gasteiger charge is -2.20. The van der Waals surface area contributed by atoms with Gasteiger partial charge in [-0.15, -0.1) is 11.3 Å². The van der Waals surface area contributed by atoms with Crippen LogP contribution in [0.2, 0.25) is 0 Å². The van der Waals surface area contributed by atoms with E-state index in [0.717, 1.165) is 4.88 Å². The van der Waals surface area contributed by atoms with Crippen molar-refractivity contribution in [2.45, 2.75) is 25.5 Å². The van der Waals surface area contributed by atoms with Crippen LogP contribution in [0, 0.1) is 6.92 Å². The fraction of sp³-hybridized carbons (Fsp3) is 0.429. The molecule has 2 rings (SSSR count). The van der Waals surface area contributed by atoms with Crippen LogP contribution in [-0.2, 0) is 14.3 Å². The fourth-order valence-electron chi connectivity index (χ4n) is 2.21. The van der Waals surface area contributed by atoms with E-state index in [1.165, 1.54) is 23.0 Å². The molecule has 2 heterocycles. The van der Waals surface area contributed by atoms with E-state index in [1.807, 2.05) is 19.1 Å². The SMILES string of the molecule is COC(=O)C1CC(O)CN1C(=O)/C=C/c1ccc(C)s1. The lowest BCUT2D eigenvalue weighted by atomic mass is 10.2. The van der Waals surface area contributed by atoms with Crippen molar-refractivity contribution >= 4 is 29.3 Å². The van der Waals surface area contributed by atoms with Crippen LogP contribution in [0.1, 0.15) is 16.2 Å². The van der Waals surface area contributed by atoms with E-state index < -0.39 is 18.1 Å². The van der Waals surface area contributed by atoms with Crippen LogP contribution < -0.4 is 0 Å². The first-order valence-electron chi connectivity index (χ1n) is 6.32. The van der Waals surface area contributed by atoms with Gasteiger partial charge in [-0.05, 0) is 25.1 Å². The predicted octanol–water partition coefficient (Wildman–Crippen LogP) is 1.20. The lowest BCUT2D eigenvalue weighted by Crippen LogP contribution is -2.40. The van der Waals surface area contributed by atoms with Crippen molar-refractivity contribution in [2.75, 3.05) is 13.7 Å². The molecule has 0 spiro atoms. The van der Waals surface area contributed by atoms with Crippen LogP contribution in [0.15, 0.2) is 18.2 Å². The standard InChI is InChI=1S/C14H17NO4S/c1-9-3-4-11(20-9)5-6-13(17)15-8-10(16)7-12(15)14(18)19-2/h3-6,10,12,16H,7-8H2,1-2H3/b6-5+. The van der Waals surface area contributed by atoms with E-state index in [1.54, 1.807) is 17.4 Å². The minimum Gasteiger partial charge on any atom is -0.467 e. The molecule has 20 heavy (non-hydrogen) atoms. The predicted molar refractivity (Wildman–Crippen MR) is 76.2 cm³/mol. The highest BCUT2D eigenvalue weighted by Crippen LogP contribution is 2.21. The third kappa shape index (κ3) is 3.26. The Morgan fingerprint density at radius 2 is 2.25 bits per heavy atom. The van der Waals surface area contributed by atoms with Gasteiger partial charge >= 0.3 is 5.97 Å². The number of rotatable bonds is 3. The summed E-state index contributed by atoms with van der Waals surface area (Å²) in [4.78, 5) is 27.2. The molecule has 1 saturated heterocycles. The highest BCUT2D eigenvalue weighted by molar-refractivity contribution is 7.12. The molecule has 0 saturated carbocycles. The Kier molecular flexibility index (Phi) is 4.57. The molecule has 1 N–H and O–H groups in total. The molecule has 1 aromatic heterocycles. The van der Waals surface area contributed by atoms with Gasteiger partial charge in [-0.3, -0.25) is 4.79 Å². The molecule has 1 aromatic rings. The average molecular weight is 295 g/mol. The van der Waals surface area contributed by atoms with E-state index in [0.29, 0.717) is 0 Å². The van der Waals surface area contributed by atoms with E-state index >= 15 is 0 Å². The number of carbonyl (C=O) groups excluding carboxylic acids is 2. The molecule has 0 aliphatic carbocycles. The molecule has 5 nitrogen and oxygen atoms in total. The molecule has 0 aromatic carbocycles. The van der Waals surface area contributed by atoms with Gasteiger partial charge in [-0.2, -0.15) is 0 Å². The topological polar surface area (TPSA) is 66.8 Å². The van der Waals surface area contributed by atoms with Crippen LogP contribution >= 0.6 is 11.3 Å². The van der Waals surface area contributed by atoms with Crippen LogP contribution in [0.25, 0.3) is 6.08 Å². The second kappa shape index (κ2) is 6.19. The van der Waals surface area contributed by atoms with Gasteiger partial charge in [0.25, 0.3) is 0 Å². The summed E-state index contributed by atoms with van der Waals surface area (Å²) in [5.41, 5.74) is 0. The van der Waals surface area contributed by atoms with E-state index in [-0.39, 0.29) is 18.9 Å². The number of aliphatic hydroxyl groups excluding tert-OH is 1. The van der Waals surface area contributed by atoms with Gasteiger partial charge in [0.1, 0.15) is 6.04 Å². The maximum Gasteiger partial charge on any atom is 0.328 e. The molecular weight excluding hydrogens is 278 g/mol. The molecule has 1 amide bonds. The van der Waals surface area contributed by atoms with Gasteiger partial charge in [0.2, 0.25) is 5.91 Å². The molecular formula is C14H17NO4S. The molecule has 2 unspecified atom stereocenters. The molecule has 1 fully saturated rings. The Labute approximate surface area is 121 Å². The number of nitrogens with zero attached hydrogens (tertiary/aromatic N) is 1. The van der Waals surface area contributed by atoms with Gasteiger partial charge in [-0.1, -0.05) is 0 Å². The Hall–Kier alpha value is -1.66. The normalized spacial score (nSPS) is 22.4. The summed E-state index contributed by atoms with van der Waals surface area (Å²) >= 11 is 1.59. The van der Waals surface area contributed by atoms with Gasteiger partial charge < -0.3 is 14.7 Å². The van der Waals surface area contributed by atoms with Crippen molar-refractivity contribution in [3.63, 3.8) is 0 Å². The number of carbonyl (C=O) groups is 2. The summed E-state index contributed by atoms with van der Waals surface area (Å²) in [5.74, 6) is -0.779. The number of likely N-dealkylation sites (tertiary alicyclic amines) is 1. The zero-order chi connectivity index (χ0) is 14.7. The summed E-state index contributed by atoms with van der Waals surface area (Å²) in [5, 5.41) is 9.63. The minimum absolute atomic E-state index is 0.159. The summed E-state index contributed by atoms with van der Waals surface area (Å²) in [6, 6.07) is 3.21. The summed E-state index contributed by atoms with van der Waals surface area (Å²) in [6.07, 6.45) is 2.70. The van der Waals surface area contributed by atoms with Crippen LogP contribution in [0.4, 0.5) is 0 Å². The minimum atomic E-state index is -0.697. The van der Waals surface area contributed by atoms with Gasteiger partial charge in [-0.25, -0.2) is 4.79 Å². The first kappa shape index (κ1) is 14.7. The first-order valence-corrected chi connectivity index (χ1v) is 7.14. The number of aliphatic hydroxyl groups is 1. The van der Waals surface area contributed by atoms with E-state index in [2.05, 4.69) is 4.74 Å². The third-order valence-electron chi connectivity index (χ3n) is 3.19. The monoisotopic (exact) mass is 295 g/mol. The molecule has 0 radical (unpaired) electrons. The maximum absolute atomic E-state index is 12.1. The van der Waals surface area contributed by atoms with Crippen molar-refractivity contribution in [3.8, 4) is 0 Å². The summed E-state index contributed by atoms with van der Waals surface area (Å²) < 4.78 is 4.66. The van der Waals surface area contributed by atoms with Crippen LogP contribution in [-0.4, -0.2) is 47.7 Å². The third-order valence-corrected chi connectivity index (χ3v) is 4.15. The smallest absolute Gasteiger partial charge is 0.328 e. The molecule has 1 aliphatic rings. The number of β-amino-alcohol motifs (C(OH)–C–C–N with tert-alkyl or cyclic N) is 1. The quantitative estimate of drug-likeness (QED) is 0.672. The highest BCUT2D eigenvalue weighted by atomic mass is 32.1. The number of thiophene rings is 1. The molecule has 108 valence electrons. The second-order valence-corrected chi connectivity index (χ2v) is 6.02. The Morgan fingerprint density at radius 3 is 2.85 bits per heavy atom. The number of ether oxygens (including phenoxy) is 1. The zero-order valence-electron chi connectivity index (χ0n) is 11.4. The van der Waals surface area contributed by atoms with E-state index in [9.17, 15) is 14.7 Å². The fourth-order valence-corrected chi connectivity index (χ4v) is 2.99. The molecule has 2 atom stereocenters. The van der Waals surface area contributed by atoms with Crippen molar-refractivity contribution in [3.05, 3.63) is 28.0 Å². The lowest BCUT2D eigenvalue weighted by molar-refractivity contribution is -0.149. The number of methoxy groups -OCH3 is 1. The Balaban J connectivity index is 2.07. The number of amides is 1. The largest absolute Gasteiger partial charge is 0.467 e. The number of esters is 1. The first-order chi connectivity index (χ1) is 9.51. The number of aryl methyl sites for hydroxylation is 1. The average Bonchev–Trinajstić information content (AvgIpc) is 3.01. The number of hydrogen-bond acceptors (Lipinski definition) is 5. The van der Waals surface area contributed by atoms with Crippen molar-refractivity contribution in [2.24, 2.45) is 0 Å². The van der Waals surface area contributed by atoms with Crippen molar-refractivity contribution in [1.29, 1.82) is 0 Å². The number of hydrogen-bond donors (Lipinski definition) is 1. The second-order valence-electron chi connectivity index (χ2n) is 4.70. The molecule has 6 heteroatoms. The van der Waals surface area contributed by atoms with Crippen molar-refractivity contribution in [1.82, 2.24) is 4.90 Å². The van der Waals surface area contributed by atoms with Crippen LogP contribution in [0.3, 0.4) is 0 Å². The Morgan fingerprint density at radius 1 is 1.50 bits per heavy atom. The van der Waals surface area contributed by atoms with Crippen molar-refractivity contribution < 1.29 is 19.4 Å². The highest BCUT2D eigenvalue weighted by Gasteiger charge is 2.38. The zero-order valence-corrected chi connectivity index (χ0v) is 12.2. The van der Waals surface area contributed by atoms with E-state index in [4.69, 9.17) is 0 Å². The van der Waals surface area contributed by atoms with Gasteiger partial charge in [0.15, 0.2) is 0 Å². The summed E-state index contributed by atoms with van der Waals surface area (Å²) in [7, 11) is 1.28. The molecule has 1 aliphatic heterocycles. The summed E-state index contributed by atoms with van der Waals surface area (Å²) in [6.45, 7) is 2.15.